The van der Waals surface area contributed by atoms with Crippen molar-refractivity contribution in [1.29, 1.82) is 0 Å². The van der Waals surface area contributed by atoms with Gasteiger partial charge in [-0.2, -0.15) is 4.98 Å². The summed E-state index contributed by atoms with van der Waals surface area (Å²) >= 11 is 3.50. The Labute approximate surface area is 156 Å². The van der Waals surface area contributed by atoms with E-state index in [4.69, 9.17) is 4.98 Å². The molecule has 0 saturated heterocycles. The van der Waals surface area contributed by atoms with Gasteiger partial charge in [0.2, 0.25) is 5.95 Å². The van der Waals surface area contributed by atoms with Crippen molar-refractivity contribution in [3.05, 3.63) is 53.0 Å². The lowest BCUT2D eigenvalue weighted by atomic mass is 9.95. The van der Waals surface area contributed by atoms with Gasteiger partial charge in [0.25, 0.3) is 0 Å². The number of rotatable bonds is 4. The average Bonchev–Trinajstić information content (AvgIpc) is 2.63. The van der Waals surface area contributed by atoms with Gasteiger partial charge in [0, 0.05) is 21.6 Å². The van der Waals surface area contributed by atoms with Crippen molar-refractivity contribution in [3.63, 3.8) is 0 Å². The highest BCUT2D eigenvalue weighted by atomic mass is 79.9. The Morgan fingerprint density at radius 1 is 0.920 bits per heavy atom. The van der Waals surface area contributed by atoms with Gasteiger partial charge >= 0.3 is 0 Å². The summed E-state index contributed by atoms with van der Waals surface area (Å²) in [5, 5.41) is 8.06. The molecular weight excluding hydrogens is 376 g/mol. The quantitative estimate of drug-likeness (QED) is 0.577. The van der Waals surface area contributed by atoms with E-state index < -0.39 is 0 Å². The molecule has 5 heteroatoms. The number of nitrogens with zero attached hydrogens (tertiary/aromatic N) is 2. The zero-order chi connectivity index (χ0) is 17.1. The fourth-order valence-corrected chi connectivity index (χ4v) is 3.78. The molecule has 1 aliphatic rings. The van der Waals surface area contributed by atoms with E-state index >= 15 is 0 Å². The second-order valence-electron chi connectivity index (χ2n) is 6.53. The summed E-state index contributed by atoms with van der Waals surface area (Å²) in [5.74, 6) is 1.55. The standard InChI is InChI=1S/C20H21BrN4/c21-14-7-6-10-16(13-14)23-20-24-18-12-5-4-11-17(18)19(25-20)22-15-8-2-1-3-9-15/h4-7,10-13,15H,1-3,8-9H2,(H2,22,23,24,25). The van der Waals surface area contributed by atoms with Crippen molar-refractivity contribution in [1.82, 2.24) is 9.97 Å². The summed E-state index contributed by atoms with van der Waals surface area (Å²) in [7, 11) is 0. The number of aromatic nitrogens is 2. The van der Waals surface area contributed by atoms with Gasteiger partial charge in [-0.1, -0.05) is 53.4 Å². The number of benzene rings is 2. The molecule has 0 amide bonds. The summed E-state index contributed by atoms with van der Waals surface area (Å²) in [6.07, 6.45) is 6.37. The third kappa shape index (κ3) is 3.93. The van der Waals surface area contributed by atoms with Crippen LogP contribution in [0, 0.1) is 0 Å². The fraction of sp³-hybridized carbons (Fsp3) is 0.300. The first-order chi connectivity index (χ1) is 12.3. The largest absolute Gasteiger partial charge is 0.367 e. The van der Waals surface area contributed by atoms with Crippen LogP contribution in [0.2, 0.25) is 0 Å². The van der Waals surface area contributed by atoms with Crippen LogP contribution < -0.4 is 10.6 Å². The van der Waals surface area contributed by atoms with Gasteiger partial charge in [0.05, 0.1) is 5.52 Å². The molecule has 1 aromatic heterocycles. The zero-order valence-electron chi connectivity index (χ0n) is 14.0. The number of hydrogen-bond donors (Lipinski definition) is 2. The minimum absolute atomic E-state index is 0.505. The van der Waals surface area contributed by atoms with Crippen LogP contribution in [0.4, 0.5) is 17.5 Å². The number of halogens is 1. The maximum atomic E-state index is 4.77. The topological polar surface area (TPSA) is 49.8 Å². The molecule has 1 saturated carbocycles. The Hall–Kier alpha value is -2.14. The Bertz CT molecular complexity index is 874. The van der Waals surface area contributed by atoms with E-state index in [9.17, 15) is 0 Å². The first-order valence-electron chi connectivity index (χ1n) is 8.84. The molecule has 1 heterocycles. The monoisotopic (exact) mass is 396 g/mol. The van der Waals surface area contributed by atoms with Crippen LogP contribution in [0.3, 0.4) is 0 Å². The Morgan fingerprint density at radius 2 is 1.76 bits per heavy atom. The number of hydrogen-bond acceptors (Lipinski definition) is 4. The lowest BCUT2D eigenvalue weighted by Crippen LogP contribution is -2.23. The minimum atomic E-state index is 0.505. The molecule has 3 aromatic rings. The van der Waals surface area contributed by atoms with E-state index in [0.29, 0.717) is 12.0 Å². The molecule has 0 bridgehead atoms. The molecule has 0 aliphatic heterocycles. The smallest absolute Gasteiger partial charge is 0.229 e. The van der Waals surface area contributed by atoms with Crippen LogP contribution >= 0.6 is 15.9 Å². The first-order valence-corrected chi connectivity index (χ1v) is 9.63. The molecule has 1 aliphatic carbocycles. The Kier molecular flexibility index (Phi) is 4.83. The van der Waals surface area contributed by atoms with Crippen molar-refractivity contribution in [3.8, 4) is 0 Å². The molecule has 0 unspecified atom stereocenters. The highest BCUT2D eigenvalue weighted by Crippen LogP contribution is 2.27. The van der Waals surface area contributed by atoms with Crippen LogP contribution in [-0.2, 0) is 0 Å². The molecular formula is C20H21BrN4. The first kappa shape index (κ1) is 16.3. The molecule has 25 heavy (non-hydrogen) atoms. The molecule has 0 atom stereocenters. The predicted molar refractivity (Wildman–Crippen MR) is 107 cm³/mol. The SMILES string of the molecule is Brc1cccc(Nc2nc(NC3CCCCC3)c3ccccc3n2)c1. The fourth-order valence-electron chi connectivity index (χ4n) is 3.38. The maximum absolute atomic E-state index is 4.77. The number of fused-ring (bicyclic) bond motifs is 1. The number of anilines is 3. The van der Waals surface area contributed by atoms with Crippen LogP contribution in [-0.4, -0.2) is 16.0 Å². The van der Waals surface area contributed by atoms with Gasteiger partial charge in [0.1, 0.15) is 5.82 Å². The summed E-state index contributed by atoms with van der Waals surface area (Å²) in [5.41, 5.74) is 1.92. The van der Waals surface area contributed by atoms with E-state index in [1.807, 2.05) is 42.5 Å². The van der Waals surface area contributed by atoms with Crippen LogP contribution in [0.25, 0.3) is 10.9 Å². The molecule has 0 spiro atoms. The number of para-hydroxylation sites is 1. The molecule has 0 radical (unpaired) electrons. The van der Waals surface area contributed by atoms with Crippen LogP contribution in [0.15, 0.2) is 53.0 Å². The van der Waals surface area contributed by atoms with Gasteiger partial charge < -0.3 is 10.6 Å². The zero-order valence-corrected chi connectivity index (χ0v) is 15.6. The van der Waals surface area contributed by atoms with Crippen molar-refractivity contribution in [2.24, 2.45) is 0 Å². The number of nitrogens with one attached hydrogen (secondary N) is 2. The average molecular weight is 397 g/mol. The van der Waals surface area contributed by atoms with E-state index in [1.54, 1.807) is 0 Å². The molecule has 2 N–H and O–H groups in total. The Balaban J connectivity index is 1.67. The van der Waals surface area contributed by atoms with E-state index in [1.165, 1.54) is 32.1 Å². The molecule has 128 valence electrons. The minimum Gasteiger partial charge on any atom is -0.367 e. The van der Waals surface area contributed by atoms with Crippen molar-refractivity contribution in [2.75, 3.05) is 10.6 Å². The third-order valence-corrected chi connectivity index (χ3v) is 5.12. The van der Waals surface area contributed by atoms with Gasteiger partial charge in [-0.05, 0) is 43.2 Å². The van der Waals surface area contributed by atoms with Crippen LogP contribution in [0.5, 0.6) is 0 Å². The second kappa shape index (κ2) is 7.40. The second-order valence-corrected chi connectivity index (χ2v) is 7.44. The summed E-state index contributed by atoms with van der Waals surface area (Å²) in [6, 6.07) is 16.7. The molecule has 4 nitrogen and oxygen atoms in total. The molecule has 2 aromatic carbocycles. The summed E-state index contributed by atoms with van der Waals surface area (Å²) in [4.78, 5) is 9.45. The van der Waals surface area contributed by atoms with Crippen LogP contribution in [0.1, 0.15) is 32.1 Å². The van der Waals surface area contributed by atoms with E-state index in [2.05, 4.69) is 37.6 Å². The highest BCUT2D eigenvalue weighted by Gasteiger charge is 2.16. The Morgan fingerprint density at radius 3 is 2.60 bits per heavy atom. The van der Waals surface area contributed by atoms with Gasteiger partial charge in [-0.25, -0.2) is 4.98 Å². The van der Waals surface area contributed by atoms with Gasteiger partial charge in [-0.3, -0.25) is 0 Å². The molecule has 1 fully saturated rings. The predicted octanol–water partition coefficient (Wildman–Crippen LogP) is 5.88. The third-order valence-electron chi connectivity index (χ3n) is 4.63. The van der Waals surface area contributed by atoms with E-state index in [-0.39, 0.29) is 0 Å². The van der Waals surface area contributed by atoms with Gasteiger partial charge in [0.15, 0.2) is 0 Å². The normalized spacial score (nSPS) is 15.2. The maximum Gasteiger partial charge on any atom is 0.229 e. The lowest BCUT2D eigenvalue weighted by Gasteiger charge is -2.24. The van der Waals surface area contributed by atoms with Gasteiger partial charge in [-0.15, -0.1) is 0 Å². The highest BCUT2D eigenvalue weighted by molar-refractivity contribution is 9.10. The van der Waals surface area contributed by atoms with Crippen molar-refractivity contribution >= 4 is 44.3 Å². The summed E-state index contributed by atoms with van der Waals surface area (Å²) < 4.78 is 1.03. The lowest BCUT2D eigenvalue weighted by molar-refractivity contribution is 0.462. The van der Waals surface area contributed by atoms with Crippen molar-refractivity contribution < 1.29 is 0 Å². The van der Waals surface area contributed by atoms with Crippen molar-refractivity contribution in [2.45, 2.75) is 38.1 Å². The van der Waals surface area contributed by atoms with E-state index in [0.717, 1.165) is 26.9 Å². The summed E-state index contributed by atoms with van der Waals surface area (Å²) in [6.45, 7) is 0. The molecule has 4 rings (SSSR count).